The molecule has 0 radical (unpaired) electrons. The van der Waals surface area contributed by atoms with E-state index >= 15 is 0 Å². The Kier molecular flexibility index (Phi) is 5.23. The highest BCUT2D eigenvalue weighted by Crippen LogP contribution is 2.35. The molecule has 0 saturated carbocycles. The molecule has 2 aromatic rings. The molecular formula is C20H24BrN7O. The molecule has 2 aliphatic heterocycles. The number of aromatic hydroxyl groups is 1. The molecule has 29 heavy (non-hydrogen) atoms. The van der Waals surface area contributed by atoms with Crippen LogP contribution < -0.4 is 22.1 Å². The molecule has 2 unspecified atom stereocenters. The van der Waals surface area contributed by atoms with Crippen molar-refractivity contribution in [3.63, 3.8) is 0 Å². The van der Waals surface area contributed by atoms with Crippen LogP contribution in [0.5, 0.6) is 5.75 Å². The molecule has 2 bridgehead atoms. The summed E-state index contributed by atoms with van der Waals surface area (Å²) in [7, 11) is 0. The molecule has 152 valence electrons. The summed E-state index contributed by atoms with van der Waals surface area (Å²) in [5.74, 6) is 1.07. The first-order valence-electron chi connectivity index (χ1n) is 9.45. The lowest BCUT2D eigenvalue weighted by Crippen LogP contribution is -2.54. The number of phenolic OH excluding ortho intramolecular Hbond substituents is 1. The zero-order valence-corrected chi connectivity index (χ0v) is 17.5. The minimum Gasteiger partial charge on any atom is -0.507 e. The van der Waals surface area contributed by atoms with E-state index < -0.39 is 0 Å². The summed E-state index contributed by atoms with van der Waals surface area (Å²) in [5.41, 5.74) is 19.9. The summed E-state index contributed by atoms with van der Waals surface area (Å²) < 4.78 is 0.859. The van der Waals surface area contributed by atoms with Gasteiger partial charge in [0.1, 0.15) is 11.6 Å². The average molecular weight is 458 g/mol. The van der Waals surface area contributed by atoms with Crippen LogP contribution in [0.1, 0.15) is 18.4 Å². The van der Waals surface area contributed by atoms with Crippen molar-refractivity contribution in [2.45, 2.75) is 24.9 Å². The third-order valence-electron chi connectivity index (χ3n) is 5.46. The van der Waals surface area contributed by atoms with Gasteiger partial charge in [-0.25, -0.2) is 9.97 Å². The first kappa shape index (κ1) is 19.4. The van der Waals surface area contributed by atoms with E-state index in [0.29, 0.717) is 17.0 Å². The summed E-state index contributed by atoms with van der Waals surface area (Å²) in [5, 5.41) is 10.1. The fourth-order valence-electron chi connectivity index (χ4n) is 4.17. The van der Waals surface area contributed by atoms with Gasteiger partial charge in [-0.15, -0.1) is 0 Å². The number of anilines is 1. The van der Waals surface area contributed by atoms with Gasteiger partial charge in [0.25, 0.3) is 0 Å². The van der Waals surface area contributed by atoms with Crippen LogP contribution in [0.2, 0.25) is 0 Å². The number of likely N-dealkylation sites (tertiary alicyclic amines) is 1. The highest BCUT2D eigenvalue weighted by atomic mass is 79.9. The number of piperazine rings is 1. The first-order valence-corrected chi connectivity index (χ1v) is 10.2. The molecule has 1 aromatic carbocycles. The maximum atomic E-state index is 10.1. The number of fused-ring (bicyclic) bond motifs is 2. The quantitative estimate of drug-likeness (QED) is 0.510. The van der Waals surface area contributed by atoms with Crippen molar-refractivity contribution >= 4 is 27.6 Å². The number of nitrogens with zero attached hydrogens (tertiary/aromatic N) is 4. The Labute approximate surface area is 177 Å². The van der Waals surface area contributed by atoms with Crippen molar-refractivity contribution in [1.82, 2.24) is 14.9 Å². The largest absolute Gasteiger partial charge is 0.507 e. The standard InChI is InChI=1S/C20H24BrN7O/c21-12-8-25-20(26-9-12)28-13-5-6-14(28)11-27(10-13)17(19(23)24)7-16(22)15-3-1-2-4-18(15)29/h1-4,7-9,13-14,29H,5-6,10-11,22-24H2/b16-7-. The van der Waals surface area contributed by atoms with Gasteiger partial charge in [-0.3, -0.25) is 0 Å². The minimum absolute atomic E-state index is 0.119. The Hall–Kier alpha value is -2.94. The molecule has 9 heteroatoms. The van der Waals surface area contributed by atoms with Gasteiger partial charge in [-0.2, -0.15) is 0 Å². The Bertz CT molecular complexity index is 942. The number of hydrogen-bond acceptors (Lipinski definition) is 8. The second-order valence-electron chi connectivity index (χ2n) is 7.36. The van der Waals surface area contributed by atoms with Crippen LogP contribution in [-0.4, -0.2) is 45.1 Å². The van der Waals surface area contributed by atoms with Gasteiger partial charge < -0.3 is 32.1 Å². The van der Waals surface area contributed by atoms with Crippen molar-refractivity contribution < 1.29 is 5.11 Å². The second kappa shape index (κ2) is 7.82. The minimum atomic E-state index is 0.119. The molecule has 2 fully saturated rings. The molecule has 8 nitrogen and oxygen atoms in total. The summed E-state index contributed by atoms with van der Waals surface area (Å²) in [4.78, 5) is 13.4. The lowest BCUT2D eigenvalue weighted by molar-refractivity contribution is 0.275. The summed E-state index contributed by atoms with van der Waals surface area (Å²) in [6.07, 6.45) is 7.39. The van der Waals surface area contributed by atoms with Gasteiger partial charge >= 0.3 is 0 Å². The normalized spacial score (nSPS) is 21.3. The van der Waals surface area contributed by atoms with Gasteiger partial charge in [0.2, 0.25) is 5.95 Å². The molecule has 2 saturated heterocycles. The molecule has 7 N–H and O–H groups in total. The SMILES string of the molecule is NC(N)=C(/C=C(\N)c1ccccc1O)N1CC2CCC(C1)N2c1ncc(Br)cn1. The third kappa shape index (κ3) is 3.82. The number of benzene rings is 1. The topological polar surface area (TPSA) is 131 Å². The van der Waals surface area contributed by atoms with Crippen LogP contribution in [0.15, 0.2) is 58.7 Å². The number of hydrogen-bond donors (Lipinski definition) is 4. The molecule has 0 aliphatic carbocycles. The number of allylic oxidation sites excluding steroid dienone is 1. The lowest BCUT2D eigenvalue weighted by Gasteiger charge is -2.42. The number of nitrogens with two attached hydrogens (primary N) is 3. The van der Waals surface area contributed by atoms with E-state index in [1.807, 2.05) is 6.07 Å². The summed E-state index contributed by atoms with van der Waals surface area (Å²) in [6.45, 7) is 1.49. The predicted molar refractivity (Wildman–Crippen MR) is 116 cm³/mol. The van der Waals surface area contributed by atoms with Gasteiger partial charge in [0.15, 0.2) is 0 Å². The predicted octanol–water partition coefficient (Wildman–Crippen LogP) is 1.68. The maximum absolute atomic E-state index is 10.1. The van der Waals surface area contributed by atoms with E-state index in [1.165, 1.54) is 0 Å². The van der Waals surface area contributed by atoms with E-state index in [2.05, 4.69) is 35.7 Å². The number of halogens is 1. The molecule has 3 heterocycles. The number of para-hydroxylation sites is 1. The fourth-order valence-corrected chi connectivity index (χ4v) is 4.37. The van der Waals surface area contributed by atoms with Crippen LogP contribution in [0.3, 0.4) is 0 Å². The van der Waals surface area contributed by atoms with Crippen LogP contribution in [0.25, 0.3) is 5.70 Å². The van der Waals surface area contributed by atoms with E-state index in [4.69, 9.17) is 17.2 Å². The Morgan fingerprint density at radius 3 is 2.28 bits per heavy atom. The fraction of sp³-hybridized carbons (Fsp3) is 0.300. The van der Waals surface area contributed by atoms with Gasteiger partial charge in [-0.05, 0) is 47.0 Å². The van der Waals surface area contributed by atoms with Crippen LogP contribution >= 0.6 is 15.9 Å². The summed E-state index contributed by atoms with van der Waals surface area (Å²) >= 11 is 3.39. The van der Waals surface area contributed by atoms with Crippen molar-refractivity contribution in [2.75, 3.05) is 18.0 Å². The van der Waals surface area contributed by atoms with Crippen molar-refractivity contribution in [3.8, 4) is 5.75 Å². The maximum Gasteiger partial charge on any atom is 0.225 e. The molecule has 0 spiro atoms. The molecule has 2 aliphatic rings. The highest BCUT2D eigenvalue weighted by Gasteiger charge is 2.41. The Morgan fingerprint density at radius 1 is 1.07 bits per heavy atom. The van der Waals surface area contributed by atoms with Crippen LogP contribution in [0, 0.1) is 0 Å². The Balaban J connectivity index is 1.58. The molecular weight excluding hydrogens is 434 g/mol. The van der Waals surface area contributed by atoms with Crippen molar-refractivity contribution in [3.05, 3.63) is 64.3 Å². The highest BCUT2D eigenvalue weighted by molar-refractivity contribution is 9.10. The second-order valence-corrected chi connectivity index (χ2v) is 8.27. The number of phenols is 1. The summed E-state index contributed by atoms with van der Waals surface area (Å²) in [6, 6.07) is 7.47. The lowest BCUT2D eigenvalue weighted by atomic mass is 10.1. The molecule has 0 amide bonds. The van der Waals surface area contributed by atoms with Crippen LogP contribution in [-0.2, 0) is 0 Å². The zero-order valence-electron chi connectivity index (χ0n) is 15.9. The van der Waals surface area contributed by atoms with Gasteiger partial charge in [0.05, 0.1) is 10.2 Å². The van der Waals surface area contributed by atoms with Crippen molar-refractivity contribution in [1.29, 1.82) is 0 Å². The van der Waals surface area contributed by atoms with E-state index in [0.717, 1.165) is 36.4 Å². The van der Waals surface area contributed by atoms with E-state index in [-0.39, 0.29) is 23.7 Å². The smallest absolute Gasteiger partial charge is 0.225 e. The third-order valence-corrected chi connectivity index (χ3v) is 5.87. The first-order chi connectivity index (χ1) is 13.9. The molecule has 4 rings (SSSR count). The molecule has 2 atom stereocenters. The van der Waals surface area contributed by atoms with Gasteiger partial charge in [0, 0.05) is 48.8 Å². The zero-order chi connectivity index (χ0) is 20.5. The van der Waals surface area contributed by atoms with Crippen molar-refractivity contribution in [2.24, 2.45) is 17.2 Å². The monoisotopic (exact) mass is 457 g/mol. The van der Waals surface area contributed by atoms with Crippen LogP contribution in [0.4, 0.5) is 5.95 Å². The van der Waals surface area contributed by atoms with E-state index in [9.17, 15) is 5.11 Å². The van der Waals surface area contributed by atoms with Gasteiger partial charge in [-0.1, -0.05) is 12.1 Å². The number of rotatable bonds is 4. The van der Waals surface area contributed by atoms with E-state index in [1.54, 1.807) is 36.7 Å². The average Bonchev–Trinajstić information content (AvgIpc) is 2.96. The number of aromatic nitrogens is 2. The Morgan fingerprint density at radius 2 is 1.69 bits per heavy atom. The molecule has 1 aromatic heterocycles.